The number of allylic oxidation sites excluding steroid dienone is 4. The number of aliphatic hydroxyl groups excluding tert-OH is 9. The van der Waals surface area contributed by atoms with E-state index < -0.39 is 187 Å². The molecule has 9 aliphatic rings. The molecule has 0 amide bonds. The largest absolute Gasteiger partial charge is 0.462 e. The fraction of sp³-hybridized carbons (Fsp3) is 0.891. The zero-order valence-electron chi connectivity index (χ0n) is 47.8. The van der Waals surface area contributed by atoms with Crippen LogP contribution in [-0.4, -0.2) is 233 Å². The molecule has 4 aliphatic carbocycles. The van der Waals surface area contributed by atoms with E-state index in [4.69, 9.17) is 56.3 Å². The molecule has 5 heterocycles. The molecular weight excluding hydrogens is 1110 g/mol. The Morgan fingerprint density at radius 1 is 0.732 bits per heavy atom. The lowest BCUT2D eigenvalue weighted by atomic mass is 9.41. The molecule has 5 saturated heterocycles. The summed E-state index contributed by atoms with van der Waals surface area (Å²) in [6.45, 7) is 13.2. The summed E-state index contributed by atoms with van der Waals surface area (Å²) in [6, 6.07) is 0. The maximum atomic E-state index is 14.7. The highest BCUT2D eigenvalue weighted by Gasteiger charge is 2.79. The second-order valence-electron chi connectivity index (χ2n) is 25.6. The van der Waals surface area contributed by atoms with Crippen molar-refractivity contribution in [3.05, 3.63) is 23.3 Å². The van der Waals surface area contributed by atoms with Gasteiger partial charge in [-0.2, -0.15) is 8.42 Å². The van der Waals surface area contributed by atoms with Gasteiger partial charge in [0, 0.05) is 19.4 Å². The van der Waals surface area contributed by atoms with Gasteiger partial charge in [-0.15, -0.1) is 0 Å². The Bertz CT molecular complexity index is 2470. The molecule has 5 aliphatic heterocycles. The minimum Gasteiger partial charge on any atom is -0.462 e. The Labute approximate surface area is 477 Å². The second kappa shape index (κ2) is 23.9. The van der Waals surface area contributed by atoms with Gasteiger partial charge in [0.2, 0.25) is 0 Å². The van der Waals surface area contributed by atoms with Gasteiger partial charge in [-0.05, 0) is 94.8 Å². The Morgan fingerprint density at radius 2 is 1.37 bits per heavy atom. The van der Waals surface area contributed by atoms with Crippen LogP contribution < -0.4 is 0 Å². The molecule has 10 N–H and O–H groups in total. The van der Waals surface area contributed by atoms with Gasteiger partial charge in [0.05, 0.1) is 43.9 Å². The predicted octanol–water partition coefficient (Wildman–Crippen LogP) is -0.408. The molecular formula is C55H86O26S. The van der Waals surface area contributed by atoms with Crippen LogP contribution in [0.3, 0.4) is 0 Å². The summed E-state index contributed by atoms with van der Waals surface area (Å²) in [5.41, 5.74) is -1.15. The number of cyclic esters (lactones) is 1. The summed E-state index contributed by atoms with van der Waals surface area (Å²) in [7, 11) is -4.00. The number of rotatable bonds is 17. The van der Waals surface area contributed by atoms with Gasteiger partial charge in [0.15, 0.2) is 25.2 Å². The van der Waals surface area contributed by atoms with Crippen LogP contribution in [0.2, 0.25) is 0 Å². The first-order chi connectivity index (χ1) is 38.4. The Morgan fingerprint density at radius 3 is 2.01 bits per heavy atom. The number of fused-ring (bicyclic) bond motifs is 4. The van der Waals surface area contributed by atoms with E-state index in [1.54, 1.807) is 0 Å². The fourth-order valence-electron chi connectivity index (χ4n) is 16.3. The van der Waals surface area contributed by atoms with E-state index in [2.05, 4.69) is 39.8 Å². The normalized spacial score (nSPS) is 49.1. The molecule has 468 valence electrons. The smallest absolute Gasteiger partial charge is 0.397 e. The van der Waals surface area contributed by atoms with Gasteiger partial charge in [0.1, 0.15) is 97.2 Å². The molecule has 3 saturated carbocycles. The van der Waals surface area contributed by atoms with Crippen molar-refractivity contribution in [1.29, 1.82) is 0 Å². The molecule has 1 unspecified atom stereocenters. The molecule has 8 fully saturated rings. The third-order valence-corrected chi connectivity index (χ3v) is 20.7. The van der Waals surface area contributed by atoms with Crippen LogP contribution in [-0.2, 0) is 76.3 Å². The first-order valence-corrected chi connectivity index (χ1v) is 29.8. The molecule has 26 nitrogen and oxygen atoms in total. The molecule has 1 spiro atoms. The number of methoxy groups -OCH3 is 1. The lowest BCUT2D eigenvalue weighted by molar-refractivity contribution is -0.385. The third-order valence-electron chi connectivity index (χ3n) is 20.2. The fourth-order valence-corrected chi connectivity index (χ4v) is 16.8. The molecule has 9 rings (SSSR count). The molecule has 0 aromatic carbocycles. The number of aliphatic hydroxyl groups is 9. The zero-order chi connectivity index (χ0) is 60.0. The summed E-state index contributed by atoms with van der Waals surface area (Å²) >= 11 is 0. The molecule has 0 aromatic rings. The second-order valence-corrected chi connectivity index (χ2v) is 26.7. The topological polar surface area (TPSA) is 381 Å². The van der Waals surface area contributed by atoms with Crippen molar-refractivity contribution in [2.75, 3.05) is 33.5 Å². The molecule has 0 radical (unpaired) electrons. The van der Waals surface area contributed by atoms with Crippen LogP contribution in [0.15, 0.2) is 23.3 Å². The van der Waals surface area contributed by atoms with Crippen LogP contribution in [0.4, 0.5) is 0 Å². The van der Waals surface area contributed by atoms with Crippen LogP contribution >= 0.6 is 0 Å². The SMILES string of the molecule is CO[C@@H]1[C@@H](O)[C@H](O[C@@H]2[C@@H](O)[C@H](O[C@H]3[C@H](O)[C@@H](O)[C@H](O[C@H]4[C@H](O[C@H]5CC[C@]6(C)[C@H]7CCC89C(=O)O[C@@](C)(CCC=C(C)C)[C@H]8[C@@H](OC(C)=O)C[C@@]9(C)C7=CC[C@H]6C5(C)C)OC[C@@H](OS(=O)(=O)O)[C@@H]4O)O[C@@H]3CO)OC[C@H]2O)O[C@H](CO)[C@H]1O. The standard InChI is InChI=1S/C55H86O26S/c1-24(2)11-10-16-54(8)45-29(73-25(3)58)19-53(7)27-12-13-33-51(4,5)34(15-17-52(33,6)26(27)14-18-55(45,53)50(66)80-54)76-49-44(36(61)32(23-72-49)81-82(67,68)69)79-47-38(63)37(62)42(31(21-57)75-47)78-46-39(64)41(28(59)22-71-46)77-48-40(65)43(70-9)35(60)30(20-56)74-48/h11-12,26,28-49,56-57,59-65H,10,13-23H2,1-9H3,(H,67,68,69)/t26-,28+,29-,30+,31+,32+,33-,34-,35+,36-,37+,38+,39+,40+,41-,42+,43-,44+,45+,46-,47-,48-,49-,52+,53-,54-,55?/m0/s1. The van der Waals surface area contributed by atoms with E-state index in [1.807, 2.05) is 20.8 Å². The van der Waals surface area contributed by atoms with Crippen LogP contribution in [0, 0.1) is 39.4 Å². The monoisotopic (exact) mass is 1190 g/mol. The minimum atomic E-state index is -5.20. The quantitative estimate of drug-likeness (QED) is 0.0503. The summed E-state index contributed by atoms with van der Waals surface area (Å²) in [6.07, 6.45) is -22.9. The highest BCUT2D eigenvalue weighted by molar-refractivity contribution is 7.80. The van der Waals surface area contributed by atoms with Gasteiger partial charge < -0.3 is 98.1 Å². The van der Waals surface area contributed by atoms with Crippen LogP contribution in [0.5, 0.6) is 0 Å². The summed E-state index contributed by atoms with van der Waals surface area (Å²) < 4.78 is 104. The Kier molecular flexibility index (Phi) is 18.7. The van der Waals surface area contributed by atoms with Gasteiger partial charge >= 0.3 is 22.3 Å². The van der Waals surface area contributed by atoms with Crippen LogP contribution in [0.25, 0.3) is 0 Å². The first-order valence-electron chi connectivity index (χ1n) is 28.5. The van der Waals surface area contributed by atoms with E-state index in [1.165, 1.54) is 19.6 Å². The van der Waals surface area contributed by atoms with E-state index in [9.17, 15) is 68.5 Å². The molecule has 0 bridgehead atoms. The van der Waals surface area contributed by atoms with Crippen molar-refractivity contribution in [2.45, 2.75) is 235 Å². The van der Waals surface area contributed by atoms with Crippen molar-refractivity contribution >= 4 is 22.3 Å². The Hall–Kier alpha value is -2.43. The van der Waals surface area contributed by atoms with Gasteiger partial charge in [-0.3, -0.25) is 14.1 Å². The van der Waals surface area contributed by atoms with Crippen molar-refractivity contribution in [3.63, 3.8) is 0 Å². The molecule has 82 heavy (non-hydrogen) atoms. The van der Waals surface area contributed by atoms with E-state index in [0.717, 1.165) is 5.57 Å². The number of hydrogen-bond donors (Lipinski definition) is 10. The number of ether oxygens (including phenoxy) is 11. The van der Waals surface area contributed by atoms with Crippen LogP contribution in [0.1, 0.15) is 107 Å². The zero-order valence-corrected chi connectivity index (χ0v) is 48.6. The highest BCUT2D eigenvalue weighted by atomic mass is 32.3. The average Bonchev–Trinajstić information content (AvgIpc) is 1.66. The van der Waals surface area contributed by atoms with Gasteiger partial charge in [-0.1, -0.05) is 51.0 Å². The van der Waals surface area contributed by atoms with Crippen molar-refractivity contribution in [3.8, 4) is 0 Å². The lowest BCUT2D eigenvalue weighted by Crippen LogP contribution is -2.66. The lowest BCUT2D eigenvalue weighted by Gasteiger charge is -2.64. The average molecular weight is 1200 g/mol. The molecule has 27 heteroatoms. The summed E-state index contributed by atoms with van der Waals surface area (Å²) in [5.74, 6) is -1.04. The van der Waals surface area contributed by atoms with E-state index in [-0.39, 0.29) is 29.1 Å². The predicted molar refractivity (Wildman–Crippen MR) is 277 cm³/mol. The van der Waals surface area contributed by atoms with Crippen molar-refractivity contribution in [2.24, 2.45) is 39.4 Å². The Balaban J connectivity index is 0.918. The summed E-state index contributed by atoms with van der Waals surface area (Å²) in [5, 5.41) is 99.1. The third kappa shape index (κ3) is 11.2. The minimum absolute atomic E-state index is 0.0232. The highest BCUT2D eigenvalue weighted by Crippen LogP contribution is 2.77. The maximum Gasteiger partial charge on any atom is 0.397 e. The maximum absolute atomic E-state index is 14.7. The van der Waals surface area contributed by atoms with Gasteiger partial charge in [-0.25, -0.2) is 4.18 Å². The number of hydrogen-bond acceptors (Lipinski definition) is 25. The van der Waals surface area contributed by atoms with E-state index in [0.29, 0.717) is 51.4 Å². The van der Waals surface area contributed by atoms with Gasteiger partial charge in [0.25, 0.3) is 0 Å². The summed E-state index contributed by atoms with van der Waals surface area (Å²) in [4.78, 5) is 27.4. The van der Waals surface area contributed by atoms with Crippen molar-refractivity contribution in [1.82, 2.24) is 0 Å². The molecule has 27 atom stereocenters. The molecule has 0 aromatic heterocycles. The number of carbonyl (C=O) groups excluding carboxylic acids is 2. The van der Waals surface area contributed by atoms with Crippen molar-refractivity contribution < 1.29 is 125 Å². The first kappa shape index (κ1) is 64.1. The number of esters is 2. The van der Waals surface area contributed by atoms with E-state index >= 15 is 0 Å². The number of carbonyl (C=O) groups is 2.